The van der Waals surface area contributed by atoms with Crippen LogP contribution in [0.1, 0.15) is 11.4 Å². The number of aromatic nitrogens is 2. The highest BCUT2D eigenvalue weighted by Gasteiger charge is 2.05. The standard InChI is InChI=1S/C14H15F2N5S2/c1-8-7-9(2)18-13(17-8)20-21-14(22)19-10-3-5-11(6-4-10)23-12(15)16/h3-7,12H,1-2H3,(H,17,18,20)(H2,19,21,22). The van der Waals surface area contributed by atoms with Crippen molar-refractivity contribution < 1.29 is 8.78 Å². The van der Waals surface area contributed by atoms with Crippen LogP contribution < -0.4 is 16.2 Å². The van der Waals surface area contributed by atoms with Gasteiger partial charge in [-0.1, -0.05) is 11.8 Å². The number of hydrazine groups is 1. The van der Waals surface area contributed by atoms with E-state index in [9.17, 15) is 8.78 Å². The summed E-state index contributed by atoms with van der Waals surface area (Å²) in [5.74, 6) is -2.02. The fraction of sp³-hybridized carbons (Fsp3) is 0.214. The van der Waals surface area contributed by atoms with Crippen molar-refractivity contribution in [2.24, 2.45) is 0 Å². The number of thioether (sulfide) groups is 1. The van der Waals surface area contributed by atoms with Crippen LogP contribution in [0.5, 0.6) is 0 Å². The average Bonchev–Trinajstić information content (AvgIpc) is 2.46. The van der Waals surface area contributed by atoms with E-state index < -0.39 is 5.76 Å². The third-order valence-electron chi connectivity index (χ3n) is 2.61. The Morgan fingerprint density at radius 1 is 1.13 bits per heavy atom. The fourth-order valence-corrected chi connectivity index (χ4v) is 2.44. The molecular weight excluding hydrogens is 340 g/mol. The van der Waals surface area contributed by atoms with Crippen LogP contribution in [-0.4, -0.2) is 20.8 Å². The molecule has 0 amide bonds. The summed E-state index contributed by atoms with van der Waals surface area (Å²) in [4.78, 5) is 8.90. The lowest BCUT2D eigenvalue weighted by atomic mass is 10.3. The maximum Gasteiger partial charge on any atom is 0.288 e. The molecule has 23 heavy (non-hydrogen) atoms. The van der Waals surface area contributed by atoms with Crippen LogP contribution in [0.2, 0.25) is 0 Å². The van der Waals surface area contributed by atoms with Crippen LogP contribution in [0.25, 0.3) is 0 Å². The summed E-state index contributed by atoms with van der Waals surface area (Å²) in [6.07, 6.45) is 0. The minimum Gasteiger partial charge on any atom is -0.331 e. The Hall–Kier alpha value is -2.00. The molecule has 0 spiro atoms. The molecule has 0 unspecified atom stereocenters. The Balaban J connectivity index is 1.87. The molecule has 0 aliphatic rings. The lowest BCUT2D eigenvalue weighted by Gasteiger charge is -2.12. The van der Waals surface area contributed by atoms with Crippen molar-refractivity contribution in [3.05, 3.63) is 41.7 Å². The maximum absolute atomic E-state index is 12.2. The third-order valence-corrected chi connectivity index (χ3v) is 3.53. The molecule has 3 N–H and O–H groups in total. The van der Waals surface area contributed by atoms with E-state index in [-0.39, 0.29) is 0 Å². The van der Waals surface area contributed by atoms with Crippen molar-refractivity contribution in [2.75, 3.05) is 10.7 Å². The van der Waals surface area contributed by atoms with Gasteiger partial charge in [0.05, 0.1) is 0 Å². The minimum atomic E-state index is -2.43. The fourth-order valence-electron chi connectivity index (χ4n) is 1.78. The Labute approximate surface area is 142 Å². The van der Waals surface area contributed by atoms with Gasteiger partial charge in [-0.25, -0.2) is 9.97 Å². The number of alkyl halides is 2. The molecule has 0 atom stereocenters. The first-order valence-corrected chi connectivity index (χ1v) is 7.91. The first-order valence-electron chi connectivity index (χ1n) is 6.62. The van der Waals surface area contributed by atoms with E-state index in [4.69, 9.17) is 12.2 Å². The normalized spacial score (nSPS) is 10.5. The van der Waals surface area contributed by atoms with Crippen molar-refractivity contribution in [2.45, 2.75) is 24.5 Å². The number of benzene rings is 1. The number of nitrogens with one attached hydrogen (secondary N) is 3. The van der Waals surface area contributed by atoms with Crippen molar-refractivity contribution >= 4 is 40.7 Å². The largest absolute Gasteiger partial charge is 0.331 e. The molecule has 1 aromatic heterocycles. The predicted octanol–water partition coefficient (Wildman–Crippen LogP) is 3.72. The van der Waals surface area contributed by atoms with Gasteiger partial charge in [-0.2, -0.15) is 8.78 Å². The highest BCUT2D eigenvalue weighted by molar-refractivity contribution is 7.99. The molecule has 0 radical (unpaired) electrons. The average molecular weight is 355 g/mol. The number of nitrogens with zero attached hydrogens (tertiary/aromatic N) is 2. The lowest BCUT2D eigenvalue weighted by molar-refractivity contribution is 0.252. The zero-order chi connectivity index (χ0) is 16.8. The van der Waals surface area contributed by atoms with Crippen LogP contribution in [0.3, 0.4) is 0 Å². The van der Waals surface area contributed by atoms with Crippen molar-refractivity contribution in [3.63, 3.8) is 0 Å². The lowest BCUT2D eigenvalue weighted by Crippen LogP contribution is -2.34. The van der Waals surface area contributed by atoms with Crippen LogP contribution in [-0.2, 0) is 0 Å². The SMILES string of the molecule is Cc1cc(C)nc(NNC(=S)Nc2ccc(SC(F)F)cc2)n1. The van der Waals surface area contributed by atoms with Crippen LogP contribution in [0.15, 0.2) is 35.2 Å². The molecular formula is C14H15F2N5S2. The van der Waals surface area contributed by atoms with Crippen molar-refractivity contribution in [1.29, 1.82) is 0 Å². The summed E-state index contributed by atoms with van der Waals surface area (Å²) in [5.41, 5.74) is 7.94. The molecule has 5 nitrogen and oxygen atoms in total. The zero-order valence-electron chi connectivity index (χ0n) is 12.4. The number of hydrogen-bond donors (Lipinski definition) is 3. The summed E-state index contributed by atoms with van der Waals surface area (Å²) < 4.78 is 24.5. The molecule has 0 fully saturated rings. The maximum atomic E-state index is 12.2. The number of halogens is 2. The highest BCUT2D eigenvalue weighted by atomic mass is 32.2. The molecule has 1 aromatic carbocycles. The van der Waals surface area contributed by atoms with Crippen LogP contribution >= 0.6 is 24.0 Å². The molecule has 9 heteroatoms. The summed E-state index contributed by atoms with van der Waals surface area (Å²) in [5, 5.41) is 3.23. The number of anilines is 2. The Kier molecular flexibility index (Phi) is 6.05. The summed E-state index contributed by atoms with van der Waals surface area (Å²) >= 11 is 5.64. The van der Waals surface area contributed by atoms with Gasteiger partial charge in [-0.3, -0.25) is 10.9 Å². The summed E-state index contributed by atoms with van der Waals surface area (Å²) in [7, 11) is 0. The molecule has 0 bridgehead atoms. The molecule has 0 aliphatic carbocycles. The van der Waals surface area contributed by atoms with E-state index >= 15 is 0 Å². The van der Waals surface area contributed by atoms with Gasteiger partial charge in [0.25, 0.3) is 5.76 Å². The van der Waals surface area contributed by atoms with Crippen LogP contribution in [0, 0.1) is 13.8 Å². The van der Waals surface area contributed by atoms with Gasteiger partial charge >= 0.3 is 0 Å². The first-order chi connectivity index (χ1) is 10.9. The summed E-state index contributed by atoms with van der Waals surface area (Å²) in [6, 6.07) is 8.41. The zero-order valence-corrected chi connectivity index (χ0v) is 14.1. The first kappa shape index (κ1) is 17.4. The van der Waals surface area contributed by atoms with E-state index in [2.05, 4.69) is 26.1 Å². The highest BCUT2D eigenvalue weighted by Crippen LogP contribution is 2.26. The monoisotopic (exact) mass is 355 g/mol. The number of hydrogen-bond acceptors (Lipinski definition) is 5. The number of aryl methyl sites for hydroxylation is 2. The van der Waals surface area contributed by atoms with Crippen molar-refractivity contribution in [1.82, 2.24) is 15.4 Å². The smallest absolute Gasteiger partial charge is 0.288 e. The van der Waals surface area contributed by atoms with E-state index in [1.165, 1.54) is 0 Å². The number of rotatable bonds is 5. The van der Waals surface area contributed by atoms with Gasteiger partial charge in [-0.05, 0) is 56.4 Å². The molecule has 2 rings (SSSR count). The Morgan fingerprint density at radius 3 is 2.30 bits per heavy atom. The van der Waals surface area contributed by atoms with Gasteiger partial charge < -0.3 is 5.32 Å². The molecule has 1 heterocycles. The van der Waals surface area contributed by atoms with E-state index in [1.807, 2.05) is 19.9 Å². The van der Waals surface area contributed by atoms with Gasteiger partial charge in [0.2, 0.25) is 5.95 Å². The van der Waals surface area contributed by atoms with Crippen LogP contribution in [0.4, 0.5) is 20.4 Å². The Morgan fingerprint density at radius 2 is 1.74 bits per heavy atom. The third kappa shape index (κ3) is 5.95. The molecule has 122 valence electrons. The quantitative estimate of drug-likeness (QED) is 0.429. The van der Waals surface area contributed by atoms with Gasteiger partial charge in [0.15, 0.2) is 5.11 Å². The second-order valence-corrected chi connectivity index (χ2v) is 6.05. The Bertz CT molecular complexity index is 659. The molecule has 0 saturated heterocycles. The molecule has 0 saturated carbocycles. The van der Waals surface area contributed by atoms with Gasteiger partial charge in [0.1, 0.15) is 0 Å². The molecule has 0 aliphatic heterocycles. The second kappa shape index (κ2) is 8.02. The summed E-state index contributed by atoms with van der Waals surface area (Å²) in [6.45, 7) is 3.74. The van der Waals surface area contributed by atoms with Crippen molar-refractivity contribution in [3.8, 4) is 0 Å². The number of thiocarbonyl (C=S) groups is 1. The second-order valence-electron chi connectivity index (χ2n) is 4.58. The van der Waals surface area contributed by atoms with E-state index in [0.29, 0.717) is 33.4 Å². The van der Waals surface area contributed by atoms with Gasteiger partial charge in [-0.15, -0.1) is 0 Å². The minimum absolute atomic E-state index is 0.307. The van der Waals surface area contributed by atoms with E-state index in [1.54, 1.807) is 24.3 Å². The molecule has 2 aromatic rings. The van der Waals surface area contributed by atoms with E-state index in [0.717, 1.165) is 11.4 Å². The topological polar surface area (TPSA) is 61.9 Å². The predicted molar refractivity (Wildman–Crippen MR) is 92.8 cm³/mol. The van der Waals surface area contributed by atoms with Gasteiger partial charge in [0, 0.05) is 22.0 Å².